The van der Waals surface area contributed by atoms with E-state index >= 15 is 0 Å². The fourth-order valence-corrected chi connectivity index (χ4v) is 2.92. The summed E-state index contributed by atoms with van der Waals surface area (Å²) < 4.78 is 29.0. The lowest BCUT2D eigenvalue weighted by atomic mass is 10.2. The molecule has 3 nitrogen and oxygen atoms in total. The van der Waals surface area contributed by atoms with Gasteiger partial charge in [-0.1, -0.05) is 36.4 Å². The van der Waals surface area contributed by atoms with Gasteiger partial charge < -0.3 is 0 Å². The van der Waals surface area contributed by atoms with Gasteiger partial charge in [0, 0.05) is 18.0 Å². The summed E-state index contributed by atoms with van der Waals surface area (Å²) in [5.41, 5.74) is 1.58. The van der Waals surface area contributed by atoms with Crippen molar-refractivity contribution in [1.29, 1.82) is 0 Å². The lowest BCUT2D eigenvalue weighted by molar-refractivity contribution is 0.580. The van der Waals surface area contributed by atoms with Gasteiger partial charge in [-0.3, -0.25) is 4.99 Å². The van der Waals surface area contributed by atoms with Gasteiger partial charge in [-0.2, -0.15) is 5.10 Å². The van der Waals surface area contributed by atoms with E-state index in [1.807, 2.05) is 35.7 Å². The molecule has 0 saturated heterocycles. The Bertz CT molecular complexity index is 891. The molecular formula is C17H13F2N3S. The van der Waals surface area contributed by atoms with E-state index in [4.69, 9.17) is 0 Å². The molecule has 3 rings (SSSR count). The molecule has 0 aliphatic rings. The summed E-state index contributed by atoms with van der Waals surface area (Å²) >= 11 is 1.41. The first-order chi connectivity index (χ1) is 11.2. The van der Waals surface area contributed by atoms with E-state index in [1.165, 1.54) is 35.8 Å². The van der Waals surface area contributed by atoms with E-state index in [0.29, 0.717) is 4.80 Å². The summed E-state index contributed by atoms with van der Waals surface area (Å²) in [6, 6.07) is 13.4. The van der Waals surface area contributed by atoms with Crippen molar-refractivity contribution in [2.24, 2.45) is 10.1 Å². The van der Waals surface area contributed by atoms with E-state index in [1.54, 1.807) is 11.7 Å². The van der Waals surface area contributed by atoms with Crippen LogP contribution in [0.1, 0.15) is 5.56 Å². The molecule has 0 radical (unpaired) electrons. The molecule has 2 aromatic carbocycles. The Morgan fingerprint density at radius 1 is 1.00 bits per heavy atom. The second-order valence-electron chi connectivity index (χ2n) is 4.68. The first-order valence-electron chi connectivity index (χ1n) is 6.88. The van der Waals surface area contributed by atoms with Gasteiger partial charge >= 0.3 is 0 Å². The molecule has 0 fully saturated rings. The third-order valence-corrected chi connectivity index (χ3v) is 4.16. The van der Waals surface area contributed by atoms with Gasteiger partial charge in [0.05, 0.1) is 17.5 Å². The fourth-order valence-electron chi connectivity index (χ4n) is 2.12. The van der Waals surface area contributed by atoms with E-state index in [0.717, 1.165) is 11.3 Å². The minimum absolute atomic E-state index is 0.174. The van der Waals surface area contributed by atoms with Gasteiger partial charge in [-0.05, 0) is 12.1 Å². The summed E-state index contributed by atoms with van der Waals surface area (Å²) in [7, 11) is 1.65. The van der Waals surface area contributed by atoms with Crippen molar-refractivity contribution in [2.75, 3.05) is 7.05 Å². The Kier molecular flexibility index (Phi) is 4.43. The molecule has 23 heavy (non-hydrogen) atoms. The zero-order valence-electron chi connectivity index (χ0n) is 12.3. The van der Waals surface area contributed by atoms with Crippen LogP contribution in [-0.2, 0) is 0 Å². The molecule has 0 aliphatic heterocycles. The van der Waals surface area contributed by atoms with Crippen LogP contribution in [0.3, 0.4) is 0 Å². The van der Waals surface area contributed by atoms with Crippen LogP contribution >= 0.6 is 11.3 Å². The first kappa shape index (κ1) is 15.3. The number of aromatic nitrogens is 1. The van der Waals surface area contributed by atoms with E-state index in [9.17, 15) is 8.78 Å². The highest BCUT2D eigenvalue weighted by Gasteiger charge is 2.08. The normalized spacial score (nSPS) is 12.2. The monoisotopic (exact) mass is 329 g/mol. The molecule has 1 aromatic heterocycles. The van der Waals surface area contributed by atoms with Crippen molar-refractivity contribution >= 4 is 17.6 Å². The summed E-state index contributed by atoms with van der Waals surface area (Å²) in [5.74, 6) is -1.30. The Morgan fingerprint density at radius 2 is 1.70 bits per heavy atom. The molecule has 3 aromatic rings. The second kappa shape index (κ2) is 6.66. The van der Waals surface area contributed by atoms with Crippen molar-refractivity contribution < 1.29 is 8.78 Å². The van der Waals surface area contributed by atoms with Crippen molar-refractivity contribution in [2.45, 2.75) is 0 Å². The van der Waals surface area contributed by atoms with E-state index in [2.05, 4.69) is 10.1 Å². The average molecular weight is 329 g/mol. The van der Waals surface area contributed by atoms with Gasteiger partial charge in [0.2, 0.25) is 4.80 Å². The largest absolute Gasteiger partial charge is 0.261 e. The van der Waals surface area contributed by atoms with Crippen molar-refractivity contribution in [1.82, 2.24) is 4.68 Å². The second-order valence-corrected chi connectivity index (χ2v) is 5.52. The number of hydrogen-bond donors (Lipinski definition) is 0. The highest BCUT2D eigenvalue weighted by Crippen LogP contribution is 2.19. The van der Waals surface area contributed by atoms with Crippen LogP contribution in [-0.4, -0.2) is 17.9 Å². The quantitative estimate of drug-likeness (QED) is 0.652. The highest BCUT2D eigenvalue weighted by molar-refractivity contribution is 7.07. The number of nitrogens with zero attached hydrogens (tertiary/aromatic N) is 3. The molecular weight excluding hydrogens is 316 g/mol. The number of thiazole rings is 1. The third kappa shape index (κ3) is 3.12. The maximum Gasteiger partial charge on any atom is 0.205 e. The zero-order valence-corrected chi connectivity index (χ0v) is 13.1. The Labute approximate surface area is 135 Å². The molecule has 0 atom stereocenters. The lowest BCUT2D eigenvalue weighted by Gasteiger charge is -2.03. The molecule has 0 spiro atoms. The van der Waals surface area contributed by atoms with Crippen molar-refractivity contribution in [3.8, 4) is 11.3 Å². The SMILES string of the molecule is CN=c1scc(-c2ccccc2)n1N=Cc1c(F)cccc1F. The van der Waals surface area contributed by atoms with Gasteiger partial charge in [0.1, 0.15) is 11.6 Å². The smallest absolute Gasteiger partial charge is 0.205 e. The van der Waals surface area contributed by atoms with Crippen molar-refractivity contribution in [3.63, 3.8) is 0 Å². The molecule has 0 saturated carbocycles. The zero-order chi connectivity index (χ0) is 16.2. The predicted octanol–water partition coefficient (Wildman–Crippen LogP) is 3.91. The van der Waals surface area contributed by atoms with Gasteiger partial charge in [-0.25, -0.2) is 13.5 Å². The maximum absolute atomic E-state index is 13.7. The summed E-state index contributed by atoms with van der Waals surface area (Å²) in [6.45, 7) is 0. The standard InChI is InChI=1S/C17H13F2N3S/c1-20-17-22(16(11-23-17)12-6-3-2-4-7-12)21-10-13-14(18)8-5-9-15(13)19/h2-11H,1H3. The lowest BCUT2D eigenvalue weighted by Crippen LogP contribution is -2.12. The number of hydrogen-bond acceptors (Lipinski definition) is 3. The summed E-state index contributed by atoms with van der Waals surface area (Å²) in [6.07, 6.45) is 1.18. The van der Waals surface area contributed by atoms with Crippen LogP contribution in [0.2, 0.25) is 0 Å². The Hall–Kier alpha value is -2.60. The van der Waals surface area contributed by atoms with Gasteiger partial charge in [0.15, 0.2) is 0 Å². The van der Waals surface area contributed by atoms with Crippen LogP contribution in [0.5, 0.6) is 0 Å². The van der Waals surface area contributed by atoms with Crippen LogP contribution < -0.4 is 4.80 Å². The van der Waals surface area contributed by atoms with Gasteiger partial charge in [-0.15, -0.1) is 11.3 Å². The maximum atomic E-state index is 13.7. The predicted molar refractivity (Wildman–Crippen MR) is 88.6 cm³/mol. The number of rotatable bonds is 3. The summed E-state index contributed by atoms with van der Waals surface area (Å²) in [4.78, 5) is 4.79. The minimum atomic E-state index is -0.652. The Morgan fingerprint density at radius 3 is 2.35 bits per heavy atom. The molecule has 0 N–H and O–H groups in total. The highest BCUT2D eigenvalue weighted by atomic mass is 32.1. The molecule has 116 valence electrons. The molecule has 0 bridgehead atoms. The van der Waals surface area contributed by atoms with E-state index < -0.39 is 11.6 Å². The number of benzene rings is 2. The molecule has 6 heteroatoms. The van der Waals surface area contributed by atoms with Crippen LogP contribution in [0.4, 0.5) is 8.78 Å². The van der Waals surface area contributed by atoms with Gasteiger partial charge in [0.25, 0.3) is 0 Å². The molecule has 0 aliphatic carbocycles. The fraction of sp³-hybridized carbons (Fsp3) is 0.0588. The first-order valence-corrected chi connectivity index (χ1v) is 7.76. The Balaban J connectivity index is 2.10. The topological polar surface area (TPSA) is 29.6 Å². The third-order valence-electron chi connectivity index (χ3n) is 3.25. The molecule has 0 amide bonds. The molecule has 0 unspecified atom stereocenters. The number of halogens is 2. The van der Waals surface area contributed by atoms with Crippen LogP contribution in [0, 0.1) is 11.6 Å². The average Bonchev–Trinajstić information content (AvgIpc) is 2.98. The minimum Gasteiger partial charge on any atom is -0.261 e. The van der Waals surface area contributed by atoms with Crippen LogP contribution in [0.15, 0.2) is 64.0 Å². The van der Waals surface area contributed by atoms with Crippen LogP contribution in [0.25, 0.3) is 11.3 Å². The summed E-state index contributed by atoms with van der Waals surface area (Å²) in [5, 5.41) is 6.14. The van der Waals surface area contributed by atoms with Crippen molar-refractivity contribution in [3.05, 3.63) is 75.9 Å². The molecule has 1 heterocycles. The van der Waals surface area contributed by atoms with E-state index in [-0.39, 0.29) is 5.56 Å².